The molecule has 38 heavy (non-hydrogen) atoms. The van der Waals surface area contributed by atoms with Crippen LogP contribution in [-0.4, -0.2) is 41.0 Å². The van der Waals surface area contributed by atoms with Crippen molar-refractivity contribution in [1.82, 2.24) is 15.0 Å². The van der Waals surface area contributed by atoms with E-state index in [9.17, 15) is 18.0 Å². The standard InChI is InChI=1S/C27H23ClF3N3O4/c1-3-37-26(35)25-23(34(33-32-25)16-18-6-11-21(36-2)12-7-18)14-17-4-8-19(9-5-17)20-10-13-22(28)24(15-20)38-27(29,30)31/h4-13,15H,3,14,16H2,1-2H3. The van der Waals surface area contributed by atoms with Crippen LogP contribution in [0.5, 0.6) is 11.5 Å². The third-order valence-corrected chi connectivity index (χ3v) is 5.93. The number of nitrogens with zero attached hydrogens (tertiary/aromatic N) is 3. The molecule has 1 aromatic heterocycles. The molecule has 0 saturated carbocycles. The zero-order valence-electron chi connectivity index (χ0n) is 20.5. The van der Waals surface area contributed by atoms with Crippen molar-refractivity contribution in [3.05, 3.63) is 94.3 Å². The van der Waals surface area contributed by atoms with Crippen molar-refractivity contribution in [2.75, 3.05) is 13.7 Å². The van der Waals surface area contributed by atoms with Crippen molar-refractivity contribution >= 4 is 17.6 Å². The lowest BCUT2D eigenvalue weighted by Crippen LogP contribution is -2.17. The van der Waals surface area contributed by atoms with Gasteiger partial charge < -0.3 is 14.2 Å². The Kier molecular flexibility index (Phi) is 8.21. The van der Waals surface area contributed by atoms with Crippen molar-refractivity contribution in [3.63, 3.8) is 0 Å². The van der Waals surface area contributed by atoms with Gasteiger partial charge in [-0.15, -0.1) is 18.3 Å². The minimum atomic E-state index is -4.86. The molecule has 0 spiro atoms. The van der Waals surface area contributed by atoms with E-state index in [2.05, 4.69) is 15.0 Å². The molecule has 3 aromatic carbocycles. The van der Waals surface area contributed by atoms with Crippen LogP contribution in [0.2, 0.25) is 5.02 Å². The Balaban J connectivity index is 1.60. The van der Waals surface area contributed by atoms with Crippen LogP contribution in [-0.2, 0) is 17.7 Å². The third-order valence-electron chi connectivity index (χ3n) is 5.61. The molecule has 0 aliphatic rings. The summed E-state index contributed by atoms with van der Waals surface area (Å²) in [7, 11) is 1.59. The fourth-order valence-electron chi connectivity index (χ4n) is 3.79. The molecule has 7 nitrogen and oxygen atoms in total. The highest BCUT2D eigenvalue weighted by Gasteiger charge is 2.32. The summed E-state index contributed by atoms with van der Waals surface area (Å²) < 4.78 is 54.1. The van der Waals surface area contributed by atoms with Crippen LogP contribution < -0.4 is 9.47 Å². The van der Waals surface area contributed by atoms with Crippen molar-refractivity contribution < 1.29 is 32.2 Å². The molecule has 0 radical (unpaired) electrons. The highest BCUT2D eigenvalue weighted by molar-refractivity contribution is 6.32. The topological polar surface area (TPSA) is 75.5 Å². The largest absolute Gasteiger partial charge is 0.573 e. The number of carbonyl (C=O) groups excluding carboxylic acids is 1. The molecule has 4 rings (SSSR count). The molecule has 0 atom stereocenters. The van der Waals surface area contributed by atoms with Gasteiger partial charge >= 0.3 is 12.3 Å². The lowest BCUT2D eigenvalue weighted by Gasteiger charge is -2.12. The number of alkyl halides is 3. The number of halogens is 4. The second kappa shape index (κ2) is 11.6. The Morgan fingerprint density at radius 2 is 1.63 bits per heavy atom. The lowest BCUT2D eigenvalue weighted by molar-refractivity contribution is -0.274. The van der Waals surface area contributed by atoms with Crippen LogP contribution in [0.3, 0.4) is 0 Å². The molecule has 0 fully saturated rings. The smallest absolute Gasteiger partial charge is 0.497 e. The monoisotopic (exact) mass is 545 g/mol. The van der Waals surface area contributed by atoms with Gasteiger partial charge in [-0.2, -0.15) is 0 Å². The zero-order valence-corrected chi connectivity index (χ0v) is 21.2. The van der Waals surface area contributed by atoms with Gasteiger partial charge in [0, 0.05) is 6.42 Å². The second-order valence-corrected chi connectivity index (χ2v) is 8.58. The average Bonchev–Trinajstić information content (AvgIpc) is 3.27. The summed E-state index contributed by atoms with van der Waals surface area (Å²) in [6, 6.07) is 18.8. The highest BCUT2D eigenvalue weighted by Crippen LogP contribution is 2.34. The van der Waals surface area contributed by atoms with Crippen molar-refractivity contribution in [2.24, 2.45) is 0 Å². The van der Waals surface area contributed by atoms with Crippen LogP contribution in [0.25, 0.3) is 11.1 Å². The molecule has 4 aromatic rings. The Labute approximate surface area is 221 Å². The van der Waals surface area contributed by atoms with Crippen molar-refractivity contribution in [3.8, 4) is 22.6 Å². The fraction of sp³-hybridized carbons (Fsp3) is 0.222. The summed E-state index contributed by atoms with van der Waals surface area (Å²) in [5.41, 5.74) is 3.61. The fourth-order valence-corrected chi connectivity index (χ4v) is 3.95. The predicted octanol–water partition coefficient (Wildman–Crippen LogP) is 6.32. The van der Waals surface area contributed by atoms with Crippen LogP contribution in [0, 0.1) is 0 Å². The Hall–Kier alpha value is -4.05. The Bertz CT molecular complexity index is 1400. The van der Waals surface area contributed by atoms with E-state index in [1.54, 1.807) is 36.9 Å². The van der Waals surface area contributed by atoms with Gasteiger partial charge in [-0.25, -0.2) is 9.48 Å². The number of methoxy groups -OCH3 is 1. The van der Waals surface area contributed by atoms with Gasteiger partial charge in [0.25, 0.3) is 0 Å². The normalized spacial score (nSPS) is 11.3. The van der Waals surface area contributed by atoms with Gasteiger partial charge in [0.2, 0.25) is 0 Å². The van der Waals surface area contributed by atoms with Gasteiger partial charge in [-0.3, -0.25) is 0 Å². The van der Waals surface area contributed by atoms with Gasteiger partial charge in [0.1, 0.15) is 11.5 Å². The summed E-state index contributed by atoms with van der Waals surface area (Å²) >= 11 is 5.86. The first-order chi connectivity index (χ1) is 18.2. The Morgan fingerprint density at radius 3 is 2.26 bits per heavy atom. The predicted molar refractivity (Wildman–Crippen MR) is 134 cm³/mol. The Morgan fingerprint density at radius 1 is 0.974 bits per heavy atom. The minimum absolute atomic E-state index is 0.121. The van der Waals surface area contributed by atoms with E-state index in [1.165, 1.54) is 12.1 Å². The summed E-state index contributed by atoms with van der Waals surface area (Å²) in [5, 5.41) is 8.10. The summed E-state index contributed by atoms with van der Waals surface area (Å²) in [6.07, 6.45) is -4.54. The molecule has 198 valence electrons. The van der Waals surface area contributed by atoms with Crippen molar-refractivity contribution in [2.45, 2.75) is 26.3 Å². The molecule has 0 aliphatic carbocycles. The molecule has 0 saturated heterocycles. The summed E-state index contributed by atoms with van der Waals surface area (Å²) in [4.78, 5) is 12.5. The van der Waals surface area contributed by atoms with E-state index in [0.717, 1.165) is 16.9 Å². The summed E-state index contributed by atoms with van der Waals surface area (Å²) in [6.45, 7) is 2.27. The van der Waals surface area contributed by atoms with E-state index in [1.807, 2.05) is 36.4 Å². The number of aromatic nitrogens is 3. The number of esters is 1. The molecule has 0 bridgehead atoms. The third kappa shape index (κ3) is 6.63. The van der Waals surface area contributed by atoms with Crippen LogP contribution in [0.15, 0.2) is 66.7 Å². The number of carbonyl (C=O) groups is 1. The molecule has 1 heterocycles. The number of hydrogen-bond acceptors (Lipinski definition) is 6. The van der Waals surface area contributed by atoms with Crippen LogP contribution >= 0.6 is 11.6 Å². The average molecular weight is 546 g/mol. The first kappa shape index (κ1) is 27.0. The van der Waals surface area contributed by atoms with Crippen molar-refractivity contribution in [1.29, 1.82) is 0 Å². The molecule has 0 unspecified atom stereocenters. The maximum absolute atomic E-state index is 12.7. The number of hydrogen-bond donors (Lipinski definition) is 0. The molecule has 0 amide bonds. The van der Waals surface area contributed by atoms with E-state index in [4.69, 9.17) is 21.1 Å². The maximum Gasteiger partial charge on any atom is 0.573 e. The SMILES string of the molecule is CCOC(=O)c1nnn(Cc2ccc(OC)cc2)c1Cc1ccc(-c2ccc(Cl)c(OC(F)(F)F)c2)cc1. The van der Waals surface area contributed by atoms with Crippen LogP contribution in [0.1, 0.15) is 34.2 Å². The minimum Gasteiger partial charge on any atom is -0.497 e. The number of benzene rings is 3. The molecular formula is C27H23ClF3N3O4. The van der Waals surface area contributed by atoms with Crippen LogP contribution in [0.4, 0.5) is 13.2 Å². The molecule has 0 N–H and O–H groups in total. The molecule has 0 aliphatic heterocycles. The quantitative estimate of drug-likeness (QED) is 0.229. The molecule has 11 heteroatoms. The van der Waals surface area contributed by atoms with E-state index in [-0.39, 0.29) is 17.3 Å². The highest BCUT2D eigenvalue weighted by atomic mass is 35.5. The number of rotatable bonds is 9. The summed E-state index contributed by atoms with van der Waals surface area (Å²) in [5.74, 6) is -0.329. The van der Waals surface area contributed by atoms with E-state index < -0.39 is 18.1 Å². The number of ether oxygens (including phenoxy) is 3. The molecular weight excluding hydrogens is 523 g/mol. The van der Waals surface area contributed by atoms with E-state index >= 15 is 0 Å². The van der Waals surface area contributed by atoms with Gasteiger partial charge in [0.05, 0.1) is 31.0 Å². The lowest BCUT2D eigenvalue weighted by atomic mass is 10.0. The first-order valence-electron chi connectivity index (χ1n) is 11.5. The van der Waals surface area contributed by atoms with Gasteiger partial charge in [-0.1, -0.05) is 59.3 Å². The van der Waals surface area contributed by atoms with E-state index in [0.29, 0.717) is 29.8 Å². The zero-order chi connectivity index (χ0) is 27.3. The maximum atomic E-state index is 12.7. The first-order valence-corrected chi connectivity index (χ1v) is 11.9. The van der Waals surface area contributed by atoms with Gasteiger partial charge in [-0.05, 0) is 53.4 Å². The second-order valence-electron chi connectivity index (χ2n) is 8.18. The van der Waals surface area contributed by atoms with Gasteiger partial charge in [0.15, 0.2) is 5.69 Å².